The average molecular weight is 267 g/mol. The van der Waals surface area contributed by atoms with Crippen LogP contribution in [0, 0.1) is 0 Å². The molecule has 1 aliphatic carbocycles. The van der Waals surface area contributed by atoms with Gasteiger partial charge in [-0.05, 0) is 37.1 Å². The van der Waals surface area contributed by atoms with Crippen molar-refractivity contribution in [3.63, 3.8) is 0 Å². The van der Waals surface area contributed by atoms with Gasteiger partial charge < -0.3 is 10.1 Å². The quantitative estimate of drug-likeness (QED) is 0.912. The molecule has 0 heterocycles. The Hall–Kier alpha value is -1.80. The van der Waals surface area contributed by atoms with E-state index in [1.54, 1.807) is 7.11 Å². The molecule has 0 spiro atoms. The number of rotatable bonds is 4. The molecule has 0 amide bonds. The van der Waals surface area contributed by atoms with Crippen molar-refractivity contribution in [3.05, 3.63) is 65.2 Å². The third kappa shape index (κ3) is 2.20. The third-order valence-electron chi connectivity index (χ3n) is 4.37. The molecule has 2 atom stereocenters. The molecule has 0 bridgehead atoms. The van der Waals surface area contributed by atoms with Crippen LogP contribution in [-0.2, 0) is 6.42 Å². The van der Waals surface area contributed by atoms with E-state index in [2.05, 4.69) is 41.7 Å². The van der Waals surface area contributed by atoms with Crippen molar-refractivity contribution in [2.24, 2.45) is 0 Å². The van der Waals surface area contributed by atoms with Gasteiger partial charge in [0.25, 0.3) is 0 Å². The molecule has 1 aliphatic rings. The summed E-state index contributed by atoms with van der Waals surface area (Å²) in [6, 6.07) is 17.4. The first-order valence-corrected chi connectivity index (χ1v) is 7.23. The number of aryl methyl sites for hydroxylation is 1. The zero-order valence-electron chi connectivity index (χ0n) is 12.1. The zero-order valence-corrected chi connectivity index (χ0v) is 12.1. The van der Waals surface area contributed by atoms with Crippen molar-refractivity contribution < 1.29 is 4.74 Å². The Morgan fingerprint density at radius 2 is 1.85 bits per heavy atom. The topological polar surface area (TPSA) is 21.3 Å². The van der Waals surface area contributed by atoms with Gasteiger partial charge in [0, 0.05) is 17.5 Å². The lowest BCUT2D eigenvalue weighted by Crippen LogP contribution is -2.23. The normalized spacial score (nSPS) is 18.6. The average Bonchev–Trinajstić information content (AvgIpc) is 2.93. The van der Waals surface area contributed by atoms with Gasteiger partial charge >= 0.3 is 0 Å². The van der Waals surface area contributed by atoms with E-state index in [9.17, 15) is 0 Å². The van der Waals surface area contributed by atoms with Crippen LogP contribution in [0.3, 0.4) is 0 Å². The van der Waals surface area contributed by atoms with Crippen molar-refractivity contribution >= 4 is 0 Å². The molecular formula is C18H21NO. The van der Waals surface area contributed by atoms with Gasteiger partial charge in [0.1, 0.15) is 5.75 Å². The number of methoxy groups -OCH3 is 1. The largest absolute Gasteiger partial charge is 0.496 e. The summed E-state index contributed by atoms with van der Waals surface area (Å²) in [5, 5.41) is 3.50. The molecule has 2 heteroatoms. The van der Waals surface area contributed by atoms with Crippen molar-refractivity contribution in [3.8, 4) is 5.75 Å². The number of nitrogens with one attached hydrogen (secondary N) is 1. The Bertz CT molecular complexity index is 593. The van der Waals surface area contributed by atoms with E-state index < -0.39 is 0 Å². The predicted molar refractivity (Wildman–Crippen MR) is 82.3 cm³/mol. The van der Waals surface area contributed by atoms with Crippen LogP contribution in [0.15, 0.2) is 48.5 Å². The highest BCUT2D eigenvalue weighted by atomic mass is 16.5. The standard InChI is InChI=1S/C18H21NO/c1-19-18(16-9-5-6-10-17(16)20-2)15-12-11-13-7-3-4-8-14(13)15/h3-10,15,18-19H,11-12H2,1-2H3. The Labute approximate surface area is 120 Å². The second-order valence-electron chi connectivity index (χ2n) is 5.35. The lowest BCUT2D eigenvalue weighted by atomic mass is 9.88. The molecule has 3 rings (SSSR count). The molecule has 2 nitrogen and oxygen atoms in total. The Kier molecular flexibility index (Phi) is 3.75. The van der Waals surface area contributed by atoms with E-state index in [0.29, 0.717) is 12.0 Å². The highest BCUT2D eigenvalue weighted by Gasteiger charge is 2.30. The van der Waals surface area contributed by atoms with Crippen LogP contribution < -0.4 is 10.1 Å². The second-order valence-corrected chi connectivity index (χ2v) is 5.35. The SMILES string of the molecule is CNC(c1ccccc1OC)C1CCc2ccccc21. The molecule has 1 N–H and O–H groups in total. The van der Waals surface area contributed by atoms with Crippen molar-refractivity contribution in [2.45, 2.75) is 24.8 Å². The maximum Gasteiger partial charge on any atom is 0.123 e. The summed E-state index contributed by atoms with van der Waals surface area (Å²) in [5.74, 6) is 1.49. The number of likely N-dealkylation sites (N-methyl/N-ethyl adjacent to an activating group) is 1. The lowest BCUT2D eigenvalue weighted by Gasteiger charge is -2.26. The molecule has 0 saturated carbocycles. The molecule has 0 aromatic heterocycles. The van der Waals surface area contributed by atoms with Gasteiger partial charge in [-0.15, -0.1) is 0 Å². The van der Waals surface area contributed by atoms with Crippen LogP contribution in [-0.4, -0.2) is 14.2 Å². The first-order valence-electron chi connectivity index (χ1n) is 7.23. The summed E-state index contributed by atoms with van der Waals surface area (Å²) in [4.78, 5) is 0. The van der Waals surface area contributed by atoms with E-state index in [1.807, 2.05) is 19.2 Å². The minimum Gasteiger partial charge on any atom is -0.496 e. The van der Waals surface area contributed by atoms with Crippen molar-refractivity contribution in [1.29, 1.82) is 0 Å². The first kappa shape index (κ1) is 13.2. The zero-order chi connectivity index (χ0) is 13.9. The van der Waals surface area contributed by atoms with Gasteiger partial charge in [-0.3, -0.25) is 0 Å². The van der Waals surface area contributed by atoms with Crippen molar-refractivity contribution in [1.82, 2.24) is 5.32 Å². The molecule has 104 valence electrons. The summed E-state index contributed by atoms with van der Waals surface area (Å²) in [6.45, 7) is 0. The molecule has 0 fully saturated rings. The fraction of sp³-hybridized carbons (Fsp3) is 0.333. The molecule has 2 unspecified atom stereocenters. The molecule has 0 aliphatic heterocycles. The van der Waals surface area contributed by atoms with Gasteiger partial charge in [0.05, 0.1) is 7.11 Å². The van der Waals surface area contributed by atoms with E-state index in [0.717, 1.165) is 5.75 Å². The fourth-order valence-electron chi connectivity index (χ4n) is 3.43. The van der Waals surface area contributed by atoms with Gasteiger partial charge in [-0.25, -0.2) is 0 Å². The Morgan fingerprint density at radius 1 is 1.10 bits per heavy atom. The Morgan fingerprint density at radius 3 is 2.65 bits per heavy atom. The number of hydrogen-bond acceptors (Lipinski definition) is 2. The van der Waals surface area contributed by atoms with E-state index in [-0.39, 0.29) is 0 Å². The number of para-hydroxylation sites is 1. The number of ether oxygens (including phenoxy) is 1. The minimum absolute atomic E-state index is 0.301. The molecule has 20 heavy (non-hydrogen) atoms. The fourth-order valence-corrected chi connectivity index (χ4v) is 3.43. The van der Waals surface area contributed by atoms with Crippen LogP contribution in [0.5, 0.6) is 5.75 Å². The third-order valence-corrected chi connectivity index (χ3v) is 4.37. The summed E-state index contributed by atoms with van der Waals surface area (Å²) in [7, 11) is 3.78. The maximum atomic E-state index is 5.54. The van der Waals surface area contributed by atoms with Crippen LogP contribution in [0.25, 0.3) is 0 Å². The smallest absolute Gasteiger partial charge is 0.123 e. The van der Waals surface area contributed by atoms with Gasteiger partial charge in [-0.2, -0.15) is 0 Å². The van der Waals surface area contributed by atoms with Gasteiger partial charge in [-0.1, -0.05) is 42.5 Å². The first-order chi connectivity index (χ1) is 9.85. The maximum absolute atomic E-state index is 5.54. The molecular weight excluding hydrogens is 246 g/mol. The molecule has 0 radical (unpaired) electrons. The summed E-state index contributed by atoms with van der Waals surface area (Å²) in [5.41, 5.74) is 4.23. The summed E-state index contributed by atoms with van der Waals surface area (Å²) >= 11 is 0. The highest BCUT2D eigenvalue weighted by molar-refractivity contribution is 5.42. The van der Waals surface area contributed by atoms with Crippen molar-refractivity contribution in [2.75, 3.05) is 14.2 Å². The van der Waals surface area contributed by atoms with Crippen LogP contribution in [0.2, 0.25) is 0 Å². The molecule has 0 saturated heterocycles. The van der Waals surface area contributed by atoms with Crippen LogP contribution in [0.4, 0.5) is 0 Å². The van der Waals surface area contributed by atoms with Crippen LogP contribution in [0.1, 0.15) is 35.1 Å². The summed E-state index contributed by atoms with van der Waals surface area (Å²) in [6.07, 6.45) is 2.37. The highest BCUT2D eigenvalue weighted by Crippen LogP contribution is 2.43. The van der Waals surface area contributed by atoms with E-state index in [1.165, 1.54) is 29.5 Å². The number of fused-ring (bicyclic) bond motifs is 1. The predicted octanol–water partition coefficient (Wildman–Crippen LogP) is 3.69. The Balaban J connectivity index is 1.99. The number of benzene rings is 2. The monoisotopic (exact) mass is 267 g/mol. The molecule has 2 aromatic carbocycles. The van der Waals surface area contributed by atoms with Crippen LogP contribution >= 0.6 is 0 Å². The lowest BCUT2D eigenvalue weighted by molar-refractivity contribution is 0.390. The van der Waals surface area contributed by atoms with E-state index >= 15 is 0 Å². The van der Waals surface area contributed by atoms with Gasteiger partial charge in [0.15, 0.2) is 0 Å². The molecule has 2 aromatic rings. The second kappa shape index (κ2) is 5.68. The van der Waals surface area contributed by atoms with Gasteiger partial charge in [0.2, 0.25) is 0 Å². The van der Waals surface area contributed by atoms with E-state index in [4.69, 9.17) is 4.74 Å². The summed E-state index contributed by atoms with van der Waals surface area (Å²) < 4.78 is 5.54. The number of hydrogen-bond donors (Lipinski definition) is 1. The minimum atomic E-state index is 0.301.